The molecule has 3 aromatic heterocycles. The van der Waals surface area contributed by atoms with E-state index in [4.69, 9.17) is 0 Å². The van der Waals surface area contributed by atoms with Crippen molar-refractivity contribution in [1.29, 1.82) is 0 Å². The van der Waals surface area contributed by atoms with Crippen LogP contribution < -0.4 is 0 Å². The number of fused-ring (bicyclic) bond motifs is 2. The van der Waals surface area contributed by atoms with Crippen LogP contribution in [-0.2, 0) is 29.4 Å². The minimum absolute atomic E-state index is 0.0539. The first kappa shape index (κ1) is 30.5. The Kier molecular flexibility index (Phi) is 7.27. The van der Waals surface area contributed by atoms with E-state index in [1.807, 2.05) is 10.4 Å². The van der Waals surface area contributed by atoms with Gasteiger partial charge in [0.25, 0.3) is 0 Å². The van der Waals surface area contributed by atoms with E-state index in [0.29, 0.717) is 24.1 Å². The number of allylic oxidation sites excluding steroid dienone is 1. The van der Waals surface area contributed by atoms with Crippen molar-refractivity contribution in [3.05, 3.63) is 88.9 Å². The molecule has 2 saturated carbocycles. The van der Waals surface area contributed by atoms with E-state index in [1.165, 1.54) is 23.1 Å². The first-order valence-corrected chi connectivity index (χ1v) is 16.7. The summed E-state index contributed by atoms with van der Waals surface area (Å²) in [7, 11) is -1.49. The monoisotopic (exact) mass is 653 g/mol. The Morgan fingerprint density at radius 3 is 2.50 bits per heavy atom. The van der Waals surface area contributed by atoms with Crippen molar-refractivity contribution in [1.82, 2.24) is 34.1 Å². The number of halogens is 4. The van der Waals surface area contributed by atoms with Crippen LogP contribution in [0.3, 0.4) is 0 Å². The number of alkyl halides is 3. The van der Waals surface area contributed by atoms with Crippen LogP contribution in [0.1, 0.15) is 65.8 Å². The Morgan fingerprint density at radius 2 is 1.85 bits per heavy atom. The summed E-state index contributed by atoms with van der Waals surface area (Å²) in [4.78, 5) is 20.1. The van der Waals surface area contributed by atoms with Gasteiger partial charge in [-0.3, -0.25) is 9.78 Å². The molecule has 3 heterocycles. The van der Waals surface area contributed by atoms with Crippen LogP contribution in [0.2, 0.25) is 0 Å². The summed E-state index contributed by atoms with van der Waals surface area (Å²) >= 11 is 0. The lowest BCUT2D eigenvalue weighted by atomic mass is 9.60. The Morgan fingerprint density at radius 1 is 1.09 bits per heavy atom. The molecular weight excluding hydrogens is 622 g/mol. The number of carbonyl (C=O) groups is 1. The molecule has 14 heteroatoms. The number of ketones is 1. The van der Waals surface area contributed by atoms with Gasteiger partial charge in [-0.2, -0.15) is 28.2 Å². The van der Waals surface area contributed by atoms with E-state index in [2.05, 4.69) is 26.2 Å². The molecule has 0 saturated heterocycles. The Hall–Kier alpha value is -4.17. The SMILES string of the molecule is C=S(=O)(c1cnn(C)n1)N(C1CCC1)[C@H]1CCC2=Cc3c(cnn3-c3ccc(F)cc3)C[C@]2(C(=O)c2cc(C(F)(F)F)ccn2)C1. The first-order chi connectivity index (χ1) is 21.9. The number of nitrogens with zero attached hydrogens (tertiary/aromatic N) is 7. The maximum absolute atomic E-state index is 14.6. The Labute approximate surface area is 263 Å². The highest BCUT2D eigenvalue weighted by molar-refractivity contribution is 7.98. The summed E-state index contributed by atoms with van der Waals surface area (Å²) in [5.41, 5.74) is 0.293. The zero-order valence-electron chi connectivity index (χ0n) is 25.0. The summed E-state index contributed by atoms with van der Waals surface area (Å²) in [5.74, 6) is 3.22. The van der Waals surface area contributed by atoms with E-state index in [-0.39, 0.29) is 35.4 Å². The number of pyridine rings is 1. The van der Waals surface area contributed by atoms with Gasteiger partial charge in [-0.25, -0.2) is 17.6 Å². The highest BCUT2D eigenvalue weighted by Gasteiger charge is 2.52. The fraction of sp³-hybridized carbons (Fsp3) is 0.375. The topological polar surface area (TPSA) is 98.8 Å². The molecule has 4 aromatic rings. The minimum Gasteiger partial charge on any atom is -0.291 e. The van der Waals surface area contributed by atoms with Gasteiger partial charge in [-0.1, -0.05) is 12.0 Å². The lowest BCUT2D eigenvalue weighted by Crippen LogP contribution is -2.55. The van der Waals surface area contributed by atoms with Crippen LogP contribution in [0.4, 0.5) is 17.6 Å². The van der Waals surface area contributed by atoms with Crippen molar-refractivity contribution in [3.63, 3.8) is 0 Å². The van der Waals surface area contributed by atoms with Gasteiger partial charge >= 0.3 is 6.18 Å². The van der Waals surface area contributed by atoms with Crippen molar-refractivity contribution in [2.75, 3.05) is 0 Å². The quantitative estimate of drug-likeness (QED) is 0.149. The third-order valence-electron chi connectivity index (χ3n) is 9.50. The van der Waals surface area contributed by atoms with Crippen molar-refractivity contribution < 1.29 is 26.6 Å². The van der Waals surface area contributed by atoms with E-state index in [1.54, 1.807) is 30.1 Å². The van der Waals surface area contributed by atoms with Crippen LogP contribution in [0.5, 0.6) is 0 Å². The lowest BCUT2D eigenvalue weighted by molar-refractivity contribution is -0.137. The van der Waals surface area contributed by atoms with Crippen molar-refractivity contribution >= 4 is 27.4 Å². The second kappa shape index (κ2) is 11.0. The third kappa shape index (κ3) is 5.07. The van der Waals surface area contributed by atoms with E-state index < -0.39 is 38.7 Å². The number of aromatic nitrogens is 6. The van der Waals surface area contributed by atoms with Gasteiger partial charge in [-0.15, -0.1) is 5.10 Å². The molecule has 0 amide bonds. The fourth-order valence-corrected chi connectivity index (χ4v) is 9.09. The summed E-state index contributed by atoms with van der Waals surface area (Å²) in [6.07, 6.45) is 5.19. The molecule has 0 N–H and O–H groups in total. The second-order valence-electron chi connectivity index (χ2n) is 12.3. The van der Waals surface area contributed by atoms with Gasteiger partial charge in [0.1, 0.15) is 11.5 Å². The Bertz CT molecular complexity index is 1960. The predicted molar refractivity (Wildman–Crippen MR) is 163 cm³/mol. The molecule has 240 valence electrons. The van der Waals surface area contributed by atoms with Crippen LogP contribution in [0.25, 0.3) is 11.8 Å². The average molecular weight is 654 g/mol. The van der Waals surface area contributed by atoms with E-state index in [9.17, 15) is 26.6 Å². The van der Waals surface area contributed by atoms with Gasteiger partial charge in [0, 0.05) is 25.3 Å². The normalized spacial score (nSPS) is 22.8. The van der Waals surface area contributed by atoms with Gasteiger partial charge < -0.3 is 0 Å². The molecule has 0 radical (unpaired) electrons. The van der Waals surface area contributed by atoms with Crippen LogP contribution in [0.15, 0.2) is 65.6 Å². The molecular formula is C32H31F4N7O2S. The molecule has 0 aliphatic heterocycles. The number of Topliss-reactive ketones (excluding diaryl/α,β-unsaturated/α-hetero) is 1. The molecule has 7 rings (SSSR count). The third-order valence-corrected chi connectivity index (χ3v) is 11.6. The summed E-state index contributed by atoms with van der Waals surface area (Å²) in [5, 5.41) is 13.2. The van der Waals surface area contributed by atoms with E-state index >= 15 is 0 Å². The molecule has 46 heavy (non-hydrogen) atoms. The summed E-state index contributed by atoms with van der Waals surface area (Å²) < 4.78 is 73.0. The van der Waals surface area contributed by atoms with Crippen molar-refractivity contribution in [2.24, 2.45) is 12.5 Å². The molecule has 0 bridgehead atoms. The molecule has 3 atom stereocenters. The predicted octanol–water partition coefficient (Wildman–Crippen LogP) is 5.46. The largest absolute Gasteiger partial charge is 0.416 e. The zero-order chi connectivity index (χ0) is 32.4. The van der Waals surface area contributed by atoms with Crippen LogP contribution >= 0.6 is 0 Å². The maximum Gasteiger partial charge on any atom is 0.416 e. The number of rotatable bonds is 7. The molecule has 9 nitrogen and oxygen atoms in total. The van der Waals surface area contributed by atoms with Crippen LogP contribution in [0, 0.1) is 11.2 Å². The zero-order valence-corrected chi connectivity index (χ0v) is 25.8. The highest BCUT2D eigenvalue weighted by Crippen LogP contribution is 2.52. The minimum atomic E-state index is -4.66. The average Bonchev–Trinajstić information content (AvgIpc) is 3.63. The van der Waals surface area contributed by atoms with Gasteiger partial charge in [0.15, 0.2) is 10.8 Å². The summed E-state index contributed by atoms with van der Waals surface area (Å²) in [6.45, 7) is 0. The molecule has 0 spiro atoms. The maximum atomic E-state index is 14.6. The molecule has 3 aliphatic rings. The number of hydrogen-bond donors (Lipinski definition) is 0. The number of carbonyl (C=O) groups excluding carboxylic acids is 1. The van der Waals surface area contributed by atoms with Gasteiger partial charge in [0.2, 0.25) is 0 Å². The Balaban J connectivity index is 1.34. The number of hydrogen-bond acceptors (Lipinski definition) is 6. The molecule has 1 unspecified atom stereocenters. The fourth-order valence-electron chi connectivity index (χ4n) is 7.07. The molecule has 3 aliphatic carbocycles. The molecule has 2 fully saturated rings. The first-order valence-electron chi connectivity index (χ1n) is 15.0. The van der Waals surface area contributed by atoms with Gasteiger partial charge in [-0.05, 0) is 92.4 Å². The van der Waals surface area contributed by atoms with E-state index in [0.717, 1.165) is 48.9 Å². The smallest absolute Gasteiger partial charge is 0.291 e. The molecule has 1 aromatic carbocycles. The standard InChI is InChI=1S/C32H31F4N7O2S/c1-41-38-19-29(40-41)46(2,45)43(25-4-3-5-25)26-9-6-21-15-28-20(18-39-42(28)24-10-7-23(33)8-11-24)16-31(21,17-26)30(44)27-14-22(12-13-37-27)32(34,35)36/h7-8,10-15,18-19,25-26H,2-6,9,16-17H2,1H3/t26-,31-,46?/m0/s1. The van der Waals surface area contributed by atoms with Crippen molar-refractivity contribution in [3.8, 4) is 5.69 Å². The highest BCUT2D eigenvalue weighted by atomic mass is 32.2. The summed E-state index contributed by atoms with van der Waals surface area (Å²) in [6, 6.07) is 7.08. The second-order valence-corrected chi connectivity index (χ2v) is 14.4. The number of aryl methyl sites for hydroxylation is 1. The van der Waals surface area contributed by atoms with Gasteiger partial charge in [0.05, 0.1) is 44.5 Å². The lowest BCUT2D eigenvalue weighted by Gasteiger charge is -2.50. The number of benzene rings is 1. The van der Waals surface area contributed by atoms with Crippen molar-refractivity contribution in [2.45, 2.75) is 68.2 Å². The van der Waals surface area contributed by atoms with Crippen LogP contribution in [-0.4, -0.2) is 62.0 Å².